The lowest BCUT2D eigenvalue weighted by molar-refractivity contribution is -0.113. The highest BCUT2D eigenvalue weighted by Gasteiger charge is 2.23. The minimum Gasteiger partial charge on any atom is -0.462 e. The number of carbonyl (C=O) groups is 2. The van der Waals surface area contributed by atoms with Gasteiger partial charge in [0.1, 0.15) is 5.00 Å². The number of ether oxygens (including phenoxy) is 1. The van der Waals surface area contributed by atoms with Gasteiger partial charge in [-0.05, 0) is 38.0 Å². The Hall–Kier alpha value is -2.59. The first-order valence-electron chi connectivity index (χ1n) is 9.11. The van der Waals surface area contributed by atoms with Gasteiger partial charge >= 0.3 is 5.97 Å². The topological polar surface area (TPSA) is 99.2 Å². The summed E-state index contributed by atoms with van der Waals surface area (Å²) >= 11 is 2.65. The predicted octanol–water partition coefficient (Wildman–Crippen LogP) is 3.91. The lowest BCUT2D eigenvalue weighted by Gasteiger charge is -2.08. The molecule has 0 saturated carbocycles. The molecule has 3 aromatic rings. The first kappa shape index (κ1) is 21.1. The third-order valence-electron chi connectivity index (χ3n) is 4.20. The van der Waals surface area contributed by atoms with Gasteiger partial charge in [0.05, 0.1) is 24.2 Å². The first-order valence-corrected chi connectivity index (χ1v) is 10.9. The van der Waals surface area contributed by atoms with E-state index in [1.54, 1.807) is 29.9 Å². The Morgan fingerprint density at radius 2 is 2.14 bits per heavy atom. The van der Waals surface area contributed by atoms with Crippen LogP contribution < -0.4 is 5.32 Å². The number of rotatable bonds is 8. The van der Waals surface area contributed by atoms with Crippen molar-refractivity contribution in [2.45, 2.75) is 32.3 Å². The molecule has 0 radical (unpaired) electrons. The minimum absolute atomic E-state index is 0.130. The van der Waals surface area contributed by atoms with Crippen molar-refractivity contribution >= 4 is 40.0 Å². The molecule has 0 bridgehead atoms. The van der Waals surface area contributed by atoms with Crippen LogP contribution in [0.5, 0.6) is 0 Å². The molecule has 3 rings (SSSR count). The molecule has 3 aromatic heterocycles. The molecule has 3 heterocycles. The number of esters is 1. The summed E-state index contributed by atoms with van der Waals surface area (Å²) in [5, 5.41) is 12.2. The van der Waals surface area contributed by atoms with Gasteiger partial charge in [0.25, 0.3) is 0 Å². The highest BCUT2D eigenvalue weighted by atomic mass is 32.2. The molecule has 10 heteroatoms. The van der Waals surface area contributed by atoms with Crippen LogP contribution in [0.2, 0.25) is 0 Å². The van der Waals surface area contributed by atoms with E-state index < -0.39 is 5.97 Å². The quantitative estimate of drug-likeness (QED) is 0.424. The molecule has 0 saturated heterocycles. The maximum absolute atomic E-state index is 12.5. The molecule has 0 spiro atoms. The molecule has 1 amide bonds. The number of carbonyl (C=O) groups excluding carboxylic acids is 2. The highest BCUT2D eigenvalue weighted by molar-refractivity contribution is 7.99. The van der Waals surface area contributed by atoms with E-state index in [1.807, 2.05) is 20.9 Å². The zero-order valence-corrected chi connectivity index (χ0v) is 18.3. The van der Waals surface area contributed by atoms with E-state index in [2.05, 4.69) is 15.5 Å². The molecule has 0 aliphatic carbocycles. The van der Waals surface area contributed by atoms with Crippen LogP contribution in [-0.4, -0.2) is 39.0 Å². The van der Waals surface area contributed by atoms with Gasteiger partial charge < -0.3 is 19.0 Å². The molecule has 0 fully saturated rings. The van der Waals surface area contributed by atoms with E-state index in [0.717, 1.165) is 10.4 Å². The number of aromatic nitrogens is 3. The van der Waals surface area contributed by atoms with Gasteiger partial charge in [0, 0.05) is 11.9 Å². The molecule has 0 aromatic carbocycles. The van der Waals surface area contributed by atoms with Crippen LogP contribution in [0.25, 0.3) is 11.6 Å². The average molecular weight is 435 g/mol. The first-order chi connectivity index (χ1) is 14.0. The van der Waals surface area contributed by atoms with Crippen LogP contribution in [0.3, 0.4) is 0 Å². The Bertz CT molecular complexity index is 1010. The third-order valence-corrected chi connectivity index (χ3v) is 6.29. The van der Waals surface area contributed by atoms with E-state index >= 15 is 0 Å². The monoisotopic (exact) mass is 434 g/mol. The zero-order chi connectivity index (χ0) is 21.0. The van der Waals surface area contributed by atoms with E-state index in [-0.39, 0.29) is 18.3 Å². The Balaban J connectivity index is 1.70. The van der Waals surface area contributed by atoms with Crippen LogP contribution in [0.1, 0.15) is 34.6 Å². The Morgan fingerprint density at radius 1 is 1.34 bits per heavy atom. The number of thioether (sulfide) groups is 1. The van der Waals surface area contributed by atoms with Gasteiger partial charge in [-0.15, -0.1) is 21.5 Å². The molecule has 0 unspecified atom stereocenters. The van der Waals surface area contributed by atoms with Crippen molar-refractivity contribution < 1.29 is 18.7 Å². The van der Waals surface area contributed by atoms with Gasteiger partial charge in [0.2, 0.25) is 5.91 Å². The van der Waals surface area contributed by atoms with E-state index in [4.69, 9.17) is 9.15 Å². The number of nitrogens with zero attached hydrogens (tertiary/aromatic N) is 3. The molecule has 8 nitrogen and oxygen atoms in total. The smallest absolute Gasteiger partial charge is 0.341 e. The highest BCUT2D eigenvalue weighted by Crippen LogP contribution is 2.34. The van der Waals surface area contributed by atoms with Gasteiger partial charge in [-0.3, -0.25) is 4.79 Å². The summed E-state index contributed by atoms with van der Waals surface area (Å²) in [4.78, 5) is 25.9. The maximum Gasteiger partial charge on any atom is 0.341 e. The number of hydrogen-bond acceptors (Lipinski definition) is 8. The number of nitrogens with one attached hydrogen (secondary N) is 1. The molecule has 29 heavy (non-hydrogen) atoms. The van der Waals surface area contributed by atoms with Crippen molar-refractivity contribution in [3.8, 4) is 11.6 Å². The average Bonchev–Trinajstić information content (AvgIpc) is 3.39. The fourth-order valence-corrected chi connectivity index (χ4v) is 4.73. The second-order valence-corrected chi connectivity index (χ2v) is 8.26. The third kappa shape index (κ3) is 4.54. The van der Waals surface area contributed by atoms with Crippen molar-refractivity contribution in [2.24, 2.45) is 7.05 Å². The molecule has 0 aliphatic heterocycles. The number of aryl methyl sites for hydroxylation is 1. The standard InChI is InChI=1S/C19H22N4O4S2/c1-5-12-11(3)29-17(15(12)18(25)26-6-2)20-14(24)10-28-19-22-21-16(23(19)4)13-8-7-9-27-13/h7-9H,5-6,10H2,1-4H3,(H,20,24). The number of amides is 1. The number of anilines is 1. The summed E-state index contributed by atoms with van der Waals surface area (Å²) < 4.78 is 12.3. The van der Waals surface area contributed by atoms with Crippen LogP contribution in [0, 0.1) is 6.92 Å². The van der Waals surface area contributed by atoms with Crippen molar-refractivity contribution in [3.05, 3.63) is 34.4 Å². The van der Waals surface area contributed by atoms with Gasteiger partial charge in [0.15, 0.2) is 16.7 Å². The normalized spacial score (nSPS) is 10.9. The van der Waals surface area contributed by atoms with Crippen molar-refractivity contribution in [3.63, 3.8) is 0 Å². The summed E-state index contributed by atoms with van der Waals surface area (Å²) in [6, 6.07) is 3.57. The number of thiophene rings is 1. The minimum atomic E-state index is -0.409. The van der Waals surface area contributed by atoms with Crippen LogP contribution in [0.15, 0.2) is 28.0 Å². The largest absolute Gasteiger partial charge is 0.462 e. The summed E-state index contributed by atoms with van der Waals surface area (Å²) in [5.74, 6) is 0.686. The van der Waals surface area contributed by atoms with E-state index in [0.29, 0.717) is 33.7 Å². The second kappa shape index (κ2) is 9.27. The molecule has 0 aliphatic rings. The Morgan fingerprint density at radius 3 is 2.79 bits per heavy atom. The van der Waals surface area contributed by atoms with Crippen LogP contribution in [0.4, 0.5) is 5.00 Å². The Kier molecular flexibility index (Phi) is 6.75. The van der Waals surface area contributed by atoms with E-state index in [9.17, 15) is 9.59 Å². The van der Waals surface area contributed by atoms with Crippen molar-refractivity contribution in [1.82, 2.24) is 14.8 Å². The SMILES string of the molecule is CCOC(=O)c1c(NC(=O)CSc2nnc(-c3ccco3)n2C)sc(C)c1CC. The molecule has 0 atom stereocenters. The van der Waals surface area contributed by atoms with Gasteiger partial charge in [-0.25, -0.2) is 4.79 Å². The maximum atomic E-state index is 12.5. The molecule has 154 valence electrons. The summed E-state index contributed by atoms with van der Waals surface area (Å²) in [6.07, 6.45) is 2.26. The van der Waals surface area contributed by atoms with Gasteiger partial charge in [-0.2, -0.15) is 0 Å². The van der Waals surface area contributed by atoms with Gasteiger partial charge in [-0.1, -0.05) is 18.7 Å². The summed E-state index contributed by atoms with van der Waals surface area (Å²) in [7, 11) is 1.81. The van der Waals surface area contributed by atoms with Crippen LogP contribution >= 0.6 is 23.1 Å². The predicted molar refractivity (Wildman–Crippen MR) is 112 cm³/mol. The van der Waals surface area contributed by atoms with Crippen molar-refractivity contribution in [2.75, 3.05) is 17.7 Å². The van der Waals surface area contributed by atoms with Crippen molar-refractivity contribution in [1.29, 1.82) is 0 Å². The zero-order valence-electron chi connectivity index (χ0n) is 16.6. The number of hydrogen-bond donors (Lipinski definition) is 1. The fourth-order valence-electron chi connectivity index (χ4n) is 2.87. The molecular weight excluding hydrogens is 412 g/mol. The Labute approximate surface area is 176 Å². The number of furan rings is 1. The lowest BCUT2D eigenvalue weighted by Crippen LogP contribution is -2.17. The van der Waals surface area contributed by atoms with E-state index in [1.165, 1.54) is 23.1 Å². The summed E-state index contributed by atoms with van der Waals surface area (Å²) in [6.45, 7) is 5.95. The second-order valence-electron chi connectivity index (χ2n) is 6.09. The molecular formula is C19H22N4O4S2. The fraction of sp³-hybridized carbons (Fsp3) is 0.368. The summed E-state index contributed by atoms with van der Waals surface area (Å²) in [5.41, 5.74) is 1.36. The molecule has 1 N–H and O–H groups in total. The van der Waals surface area contributed by atoms with Crippen LogP contribution in [-0.2, 0) is 23.0 Å². The lowest BCUT2D eigenvalue weighted by atomic mass is 10.1.